The SMILES string of the molecule is CN(C)C(=O)CN1CCCN(C(=O)c2ccc3c(c2)CCC3)CC1. The predicted molar refractivity (Wildman–Crippen MR) is 94.1 cm³/mol. The summed E-state index contributed by atoms with van der Waals surface area (Å²) in [5.74, 6) is 0.249. The molecular formula is C19H27N3O2. The van der Waals surface area contributed by atoms with Crippen LogP contribution >= 0.6 is 0 Å². The molecule has 1 fully saturated rings. The van der Waals surface area contributed by atoms with Gasteiger partial charge in [-0.2, -0.15) is 0 Å². The fraction of sp³-hybridized carbons (Fsp3) is 0.579. The first-order valence-electron chi connectivity index (χ1n) is 8.88. The number of carbonyl (C=O) groups is 2. The Morgan fingerprint density at radius 2 is 1.79 bits per heavy atom. The highest BCUT2D eigenvalue weighted by Gasteiger charge is 2.23. The van der Waals surface area contributed by atoms with E-state index in [9.17, 15) is 9.59 Å². The molecule has 0 unspecified atom stereocenters. The zero-order chi connectivity index (χ0) is 17.1. The molecule has 1 aromatic carbocycles. The van der Waals surface area contributed by atoms with Crippen LogP contribution in [0.5, 0.6) is 0 Å². The molecule has 0 radical (unpaired) electrons. The van der Waals surface area contributed by atoms with Crippen LogP contribution in [0, 0.1) is 0 Å². The van der Waals surface area contributed by atoms with Crippen LogP contribution < -0.4 is 0 Å². The first-order valence-corrected chi connectivity index (χ1v) is 8.88. The minimum absolute atomic E-state index is 0.119. The van der Waals surface area contributed by atoms with Crippen LogP contribution in [0.2, 0.25) is 0 Å². The zero-order valence-electron chi connectivity index (χ0n) is 14.8. The van der Waals surface area contributed by atoms with Gasteiger partial charge in [-0.1, -0.05) is 6.07 Å². The number of hydrogen-bond acceptors (Lipinski definition) is 3. The van der Waals surface area contributed by atoms with Crippen molar-refractivity contribution < 1.29 is 9.59 Å². The predicted octanol–water partition coefficient (Wildman–Crippen LogP) is 1.41. The van der Waals surface area contributed by atoms with Gasteiger partial charge in [-0.05, 0) is 48.9 Å². The molecule has 1 aliphatic heterocycles. The molecule has 5 nitrogen and oxygen atoms in total. The third-order valence-electron chi connectivity index (χ3n) is 5.08. The number of rotatable bonds is 3. The highest BCUT2D eigenvalue weighted by atomic mass is 16.2. The Labute approximate surface area is 144 Å². The molecule has 1 aliphatic carbocycles. The smallest absolute Gasteiger partial charge is 0.253 e. The molecule has 1 aromatic rings. The van der Waals surface area contributed by atoms with Crippen molar-refractivity contribution in [3.63, 3.8) is 0 Å². The maximum atomic E-state index is 12.8. The van der Waals surface area contributed by atoms with Gasteiger partial charge < -0.3 is 9.80 Å². The zero-order valence-corrected chi connectivity index (χ0v) is 14.8. The van der Waals surface area contributed by atoms with E-state index in [4.69, 9.17) is 0 Å². The second-order valence-corrected chi connectivity index (χ2v) is 7.05. The topological polar surface area (TPSA) is 43.9 Å². The Morgan fingerprint density at radius 1 is 1.00 bits per heavy atom. The second-order valence-electron chi connectivity index (χ2n) is 7.05. The molecule has 2 amide bonds. The summed E-state index contributed by atoms with van der Waals surface area (Å²) in [7, 11) is 3.56. The van der Waals surface area contributed by atoms with Crippen molar-refractivity contribution in [1.29, 1.82) is 0 Å². The van der Waals surface area contributed by atoms with Gasteiger partial charge in [0, 0.05) is 45.8 Å². The van der Waals surface area contributed by atoms with E-state index in [-0.39, 0.29) is 11.8 Å². The molecule has 0 aromatic heterocycles. The first kappa shape index (κ1) is 17.0. The number of amides is 2. The number of fused-ring (bicyclic) bond motifs is 1. The van der Waals surface area contributed by atoms with E-state index in [0.29, 0.717) is 13.1 Å². The molecule has 0 N–H and O–H groups in total. The summed E-state index contributed by atoms with van der Waals surface area (Å²) >= 11 is 0. The van der Waals surface area contributed by atoms with Crippen LogP contribution in [0.15, 0.2) is 18.2 Å². The fourth-order valence-electron chi connectivity index (χ4n) is 3.55. The van der Waals surface area contributed by atoms with Gasteiger partial charge in [0.2, 0.25) is 5.91 Å². The van der Waals surface area contributed by atoms with Crippen LogP contribution in [0.4, 0.5) is 0 Å². The van der Waals surface area contributed by atoms with E-state index < -0.39 is 0 Å². The fourth-order valence-corrected chi connectivity index (χ4v) is 3.55. The van der Waals surface area contributed by atoms with Crippen LogP contribution in [0.25, 0.3) is 0 Å². The number of aryl methyl sites for hydroxylation is 2. The Balaban J connectivity index is 1.61. The van der Waals surface area contributed by atoms with Crippen LogP contribution in [0.3, 0.4) is 0 Å². The Kier molecular flexibility index (Phi) is 5.19. The van der Waals surface area contributed by atoms with Crippen molar-refractivity contribution >= 4 is 11.8 Å². The van der Waals surface area contributed by atoms with Crippen molar-refractivity contribution in [2.75, 3.05) is 46.8 Å². The summed E-state index contributed by atoms with van der Waals surface area (Å²) in [5, 5.41) is 0. The van der Waals surface area contributed by atoms with E-state index in [1.165, 1.54) is 17.5 Å². The molecule has 24 heavy (non-hydrogen) atoms. The number of hydrogen-bond donors (Lipinski definition) is 0. The molecule has 130 valence electrons. The van der Waals surface area contributed by atoms with E-state index in [0.717, 1.165) is 44.5 Å². The summed E-state index contributed by atoms with van der Waals surface area (Å²) in [6.45, 7) is 3.52. The van der Waals surface area contributed by atoms with E-state index in [1.54, 1.807) is 19.0 Å². The standard InChI is InChI=1S/C19H27N3O2/c1-20(2)18(23)14-21-9-4-10-22(12-11-21)19(24)17-8-7-15-5-3-6-16(15)13-17/h7-8,13H,3-6,9-12,14H2,1-2H3. The Morgan fingerprint density at radius 3 is 2.58 bits per heavy atom. The lowest BCUT2D eigenvalue weighted by Crippen LogP contribution is -2.39. The summed E-state index contributed by atoms with van der Waals surface area (Å²) in [4.78, 5) is 30.4. The minimum atomic E-state index is 0.119. The Bertz CT molecular complexity index is 627. The molecule has 0 spiro atoms. The second kappa shape index (κ2) is 7.34. The molecule has 0 saturated carbocycles. The largest absolute Gasteiger partial charge is 0.348 e. The average molecular weight is 329 g/mol. The number of carbonyl (C=O) groups excluding carboxylic acids is 2. The van der Waals surface area contributed by atoms with E-state index >= 15 is 0 Å². The van der Waals surface area contributed by atoms with Gasteiger partial charge in [0.1, 0.15) is 0 Å². The van der Waals surface area contributed by atoms with E-state index in [1.807, 2.05) is 11.0 Å². The van der Waals surface area contributed by atoms with Crippen LogP contribution in [0.1, 0.15) is 34.3 Å². The molecule has 3 rings (SSSR count). The van der Waals surface area contributed by atoms with Gasteiger partial charge in [-0.3, -0.25) is 14.5 Å². The Hall–Kier alpha value is -1.88. The third kappa shape index (κ3) is 3.78. The maximum Gasteiger partial charge on any atom is 0.253 e. The molecular weight excluding hydrogens is 302 g/mol. The van der Waals surface area contributed by atoms with Crippen molar-refractivity contribution in [3.05, 3.63) is 34.9 Å². The van der Waals surface area contributed by atoms with Crippen LogP contribution in [-0.2, 0) is 17.6 Å². The van der Waals surface area contributed by atoms with Crippen molar-refractivity contribution in [2.24, 2.45) is 0 Å². The minimum Gasteiger partial charge on any atom is -0.348 e. The molecule has 1 saturated heterocycles. The van der Waals surface area contributed by atoms with Crippen molar-refractivity contribution in [3.8, 4) is 0 Å². The molecule has 5 heteroatoms. The number of likely N-dealkylation sites (N-methyl/N-ethyl adjacent to an activating group) is 1. The maximum absolute atomic E-state index is 12.8. The first-order chi connectivity index (χ1) is 11.5. The monoisotopic (exact) mass is 329 g/mol. The van der Waals surface area contributed by atoms with Gasteiger partial charge in [-0.25, -0.2) is 0 Å². The molecule has 0 atom stereocenters. The quantitative estimate of drug-likeness (QED) is 0.842. The van der Waals surface area contributed by atoms with E-state index in [2.05, 4.69) is 17.0 Å². The van der Waals surface area contributed by atoms with Crippen molar-refractivity contribution in [1.82, 2.24) is 14.7 Å². The highest BCUT2D eigenvalue weighted by Crippen LogP contribution is 2.23. The lowest BCUT2D eigenvalue weighted by molar-refractivity contribution is -0.129. The van der Waals surface area contributed by atoms with Gasteiger partial charge in [0.05, 0.1) is 6.54 Å². The highest BCUT2D eigenvalue weighted by molar-refractivity contribution is 5.94. The molecule has 0 bridgehead atoms. The summed E-state index contributed by atoms with van der Waals surface area (Å²) in [6, 6.07) is 6.18. The third-order valence-corrected chi connectivity index (χ3v) is 5.08. The number of benzene rings is 1. The lowest BCUT2D eigenvalue weighted by Gasteiger charge is -2.23. The average Bonchev–Trinajstić information content (AvgIpc) is 2.92. The number of nitrogens with zero attached hydrogens (tertiary/aromatic N) is 3. The van der Waals surface area contributed by atoms with Gasteiger partial charge >= 0.3 is 0 Å². The van der Waals surface area contributed by atoms with Gasteiger partial charge in [-0.15, -0.1) is 0 Å². The summed E-state index contributed by atoms with van der Waals surface area (Å²) < 4.78 is 0. The molecule has 2 aliphatic rings. The lowest BCUT2D eigenvalue weighted by atomic mass is 10.1. The summed E-state index contributed by atoms with van der Waals surface area (Å²) in [5.41, 5.74) is 3.55. The van der Waals surface area contributed by atoms with Gasteiger partial charge in [0.25, 0.3) is 5.91 Å². The van der Waals surface area contributed by atoms with Crippen molar-refractivity contribution in [2.45, 2.75) is 25.7 Å². The van der Waals surface area contributed by atoms with Gasteiger partial charge in [0.15, 0.2) is 0 Å². The van der Waals surface area contributed by atoms with Crippen LogP contribution in [-0.4, -0.2) is 73.3 Å². The normalized spacial score (nSPS) is 18.2. The summed E-state index contributed by atoms with van der Waals surface area (Å²) in [6.07, 6.45) is 4.35. The molecule has 1 heterocycles.